The van der Waals surface area contributed by atoms with Gasteiger partial charge in [-0.3, -0.25) is 0 Å². The van der Waals surface area contributed by atoms with Crippen LogP contribution in [-0.2, 0) is 16.1 Å². The smallest absolute Gasteiger partial charge is 0.319 e. The summed E-state index contributed by atoms with van der Waals surface area (Å²) in [5.41, 5.74) is 3.37. The number of carbonyl (C=O) groups excluding carboxylic acids is 1. The van der Waals surface area contributed by atoms with Crippen molar-refractivity contribution >= 4 is 23.5 Å². The van der Waals surface area contributed by atoms with Crippen LogP contribution in [0.15, 0.2) is 48.5 Å². The monoisotopic (exact) mass is 446 g/mol. The number of aliphatic hydroxyl groups excluding tert-OH is 2. The van der Waals surface area contributed by atoms with E-state index in [1.807, 2.05) is 55.5 Å². The van der Waals surface area contributed by atoms with Gasteiger partial charge in [-0.1, -0.05) is 36.4 Å². The molecule has 0 spiro atoms. The van der Waals surface area contributed by atoms with E-state index in [1.165, 1.54) is 0 Å². The van der Waals surface area contributed by atoms with Gasteiger partial charge in [-0.2, -0.15) is 11.8 Å². The zero-order valence-corrected chi connectivity index (χ0v) is 18.4. The second-order valence-corrected chi connectivity index (χ2v) is 8.41. The fraction of sp³-hybridized carbons (Fsp3) is 0.435. The number of carbonyl (C=O) groups is 1. The third-order valence-electron chi connectivity index (χ3n) is 4.91. The van der Waals surface area contributed by atoms with Crippen molar-refractivity contribution in [3.8, 4) is 0 Å². The van der Waals surface area contributed by atoms with Crippen molar-refractivity contribution < 1.29 is 24.5 Å². The van der Waals surface area contributed by atoms with E-state index in [9.17, 15) is 9.90 Å². The molecule has 4 N–H and O–H groups in total. The van der Waals surface area contributed by atoms with Crippen molar-refractivity contribution in [3.63, 3.8) is 0 Å². The average molecular weight is 447 g/mol. The highest BCUT2D eigenvalue weighted by Crippen LogP contribution is 2.39. The Kier molecular flexibility index (Phi) is 9.17. The molecule has 0 unspecified atom stereocenters. The van der Waals surface area contributed by atoms with Gasteiger partial charge in [0.05, 0.1) is 25.4 Å². The summed E-state index contributed by atoms with van der Waals surface area (Å²) in [4.78, 5) is 11.9. The summed E-state index contributed by atoms with van der Waals surface area (Å²) in [6, 6.07) is 14.9. The number of benzene rings is 2. The van der Waals surface area contributed by atoms with E-state index in [1.54, 1.807) is 11.8 Å². The van der Waals surface area contributed by atoms with Gasteiger partial charge in [0.15, 0.2) is 6.29 Å². The molecule has 31 heavy (non-hydrogen) atoms. The number of urea groups is 1. The van der Waals surface area contributed by atoms with Crippen molar-refractivity contribution in [2.45, 2.75) is 38.4 Å². The van der Waals surface area contributed by atoms with E-state index >= 15 is 0 Å². The van der Waals surface area contributed by atoms with Crippen LogP contribution in [0.4, 0.5) is 10.5 Å². The number of nitrogens with one attached hydrogen (secondary N) is 2. The third-order valence-corrected chi connectivity index (χ3v) is 5.99. The van der Waals surface area contributed by atoms with E-state index in [0.29, 0.717) is 24.4 Å². The van der Waals surface area contributed by atoms with Crippen LogP contribution in [0.1, 0.15) is 42.4 Å². The minimum absolute atomic E-state index is 0.00334. The van der Waals surface area contributed by atoms with E-state index in [0.717, 1.165) is 22.4 Å². The number of hydrogen-bond donors (Lipinski definition) is 4. The fourth-order valence-electron chi connectivity index (χ4n) is 3.40. The quantitative estimate of drug-likeness (QED) is 0.439. The third kappa shape index (κ3) is 6.95. The van der Waals surface area contributed by atoms with Crippen molar-refractivity contribution in [1.29, 1.82) is 0 Å². The molecule has 0 aromatic heterocycles. The van der Waals surface area contributed by atoms with Crippen molar-refractivity contribution in [2.75, 3.05) is 30.0 Å². The molecule has 8 heteroatoms. The van der Waals surface area contributed by atoms with Crippen LogP contribution in [0.3, 0.4) is 0 Å². The normalized spacial score (nSPS) is 20.9. The van der Waals surface area contributed by atoms with Gasteiger partial charge in [0, 0.05) is 35.7 Å². The molecule has 7 nitrogen and oxygen atoms in total. The largest absolute Gasteiger partial charge is 0.396 e. The zero-order chi connectivity index (χ0) is 22.1. The Labute approximate surface area is 187 Å². The predicted octanol–water partition coefficient (Wildman–Crippen LogP) is 3.59. The molecule has 0 radical (unpaired) electrons. The number of thioether (sulfide) groups is 1. The van der Waals surface area contributed by atoms with Crippen LogP contribution in [0, 0.1) is 0 Å². The first-order chi connectivity index (χ1) is 15.1. The number of rotatable bonds is 9. The number of ether oxygens (including phenoxy) is 2. The lowest BCUT2D eigenvalue weighted by molar-refractivity contribution is -0.245. The summed E-state index contributed by atoms with van der Waals surface area (Å²) >= 11 is 1.65. The Hall–Kier alpha value is -2.10. The molecule has 1 aliphatic heterocycles. The molecule has 1 aliphatic rings. The number of anilines is 1. The van der Waals surface area contributed by atoms with E-state index < -0.39 is 6.29 Å². The highest BCUT2D eigenvalue weighted by atomic mass is 32.2. The standard InChI is InChI=1S/C23H30N2O5S/c1-2-24-23(28)25-19-5-3-4-18(12-19)22-29-20(15-31-11-10-26)13-21(30-22)17-8-6-16(14-27)7-9-17/h3-9,12,20-22,26-27H,2,10-11,13-15H2,1H3,(H2,24,25,28)/t20-,21+,22+/m0/s1. The van der Waals surface area contributed by atoms with Gasteiger partial charge in [-0.25, -0.2) is 4.79 Å². The SMILES string of the molecule is CCNC(=O)Nc1cccc([C@@H]2O[C@H](CSCCO)C[C@H](c3ccc(CO)cc3)O2)c1. The van der Waals surface area contributed by atoms with Gasteiger partial charge in [0.2, 0.25) is 0 Å². The molecular formula is C23H30N2O5S. The number of hydrogen-bond acceptors (Lipinski definition) is 6. The molecule has 0 aliphatic carbocycles. The molecule has 0 bridgehead atoms. The zero-order valence-electron chi connectivity index (χ0n) is 17.6. The molecule has 168 valence electrons. The molecule has 1 heterocycles. The first kappa shape index (κ1) is 23.6. The fourth-order valence-corrected chi connectivity index (χ4v) is 4.17. The van der Waals surface area contributed by atoms with Gasteiger partial charge in [0.1, 0.15) is 0 Å². The Balaban J connectivity index is 1.77. The maximum atomic E-state index is 11.9. The van der Waals surface area contributed by atoms with Crippen LogP contribution in [-0.4, -0.2) is 47.0 Å². The second-order valence-electron chi connectivity index (χ2n) is 7.26. The van der Waals surface area contributed by atoms with E-state index in [4.69, 9.17) is 14.6 Å². The lowest BCUT2D eigenvalue weighted by atomic mass is 10.0. The summed E-state index contributed by atoms with van der Waals surface area (Å²) < 4.78 is 12.5. The molecule has 2 aromatic rings. The maximum Gasteiger partial charge on any atom is 0.319 e. The predicted molar refractivity (Wildman–Crippen MR) is 122 cm³/mol. The highest BCUT2D eigenvalue weighted by Gasteiger charge is 2.32. The molecule has 3 rings (SSSR count). The minimum atomic E-state index is -0.577. The summed E-state index contributed by atoms with van der Waals surface area (Å²) in [6.07, 6.45) is -0.0828. The highest BCUT2D eigenvalue weighted by molar-refractivity contribution is 7.99. The van der Waals surface area contributed by atoms with Crippen molar-refractivity contribution in [3.05, 3.63) is 65.2 Å². The molecule has 2 aromatic carbocycles. The van der Waals surface area contributed by atoms with Gasteiger partial charge >= 0.3 is 6.03 Å². The van der Waals surface area contributed by atoms with Crippen molar-refractivity contribution in [2.24, 2.45) is 0 Å². The summed E-state index contributed by atoms with van der Waals surface area (Å²) in [5, 5.41) is 23.9. The lowest BCUT2D eigenvalue weighted by Crippen LogP contribution is -2.31. The molecule has 1 saturated heterocycles. The first-order valence-corrected chi connectivity index (χ1v) is 11.6. The molecule has 2 amide bonds. The van der Waals surface area contributed by atoms with Gasteiger partial charge in [0.25, 0.3) is 0 Å². The lowest BCUT2D eigenvalue weighted by Gasteiger charge is -2.36. The Bertz CT molecular complexity index is 833. The van der Waals surface area contributed by atoms with Gasteiger partial charge in [-0.15, -0.1) is 0 Å². The molecular weight excluding hydrogens is 416 g/mol. The molecule has 3 atom stereocenters. The average Bonchev–Trinajstić information content (AvgIpc) is 2.79. The molecule has 1 fully saturated rings. The van der Waals surface area contributed by atoms with Crippen molar-refractivity contribution in [1.82, 2.24) is 5.32 Å². The summed E-state index contributed by atoms with van der Waals surface area (Å²) in [5.74, 6) is 1.41. The maximum absolute atomic E-state index is 11.9. The van der Waals surface area contributed by atoms with E-state index in [2.05, 4.69) is 10.6 Å². The van der Waals surface area contributed by atoms with Crippen LogP contribution in [0.25, 0.3) is 0 Å². The van der Waals surface area contributed by atoms with Crippen LogP contribution < -0.4 is 10.6 Å². The van der Waals surface area contributed by atoms with Crippen LogP contribution >= 0.6 is 11.8 Å². The second kappa shape index (κ2) is 12.1. The Morgan fingerprint density at radius 3 is 2.65 bits per heavy atom. The van der Waals surface area contributed by atoms with E-state index in [-0.39, 0.29) is 31.5 Å². The van der Waals surface area contributed by atoms with Crippen LogP contribution in [0.2, 0.25) is 0 Å². The number of aliphatic hydroxyl groups is 2. The Morgan fingerprint density at radius 1 is 1.13 bits per heavy atom. The van der Waals surface area contributed by atoms with Gasteiger partial charge < -0.3 is 30.3 Å². The molecule has 0 saturated carbocycles. The summed E-state index contributed by atoms with van der Waals surface area (Å²) in [7, 11) is 0. The topological polar surface area (TPSA) is 100 Å². The first-order valence-electron chi connectivity index (χ1n) is 10.5. The van der Waals surface area contributed by atoms with Gasteiger partial charge in [-0.05, 0) is 30.2 Å². The summed E-state index contributed by atoms with van der Waals surface area (Å²) in [6.45, 7) is 2.55. The Morgan fingerprint density at radius 2 is 1.94 bits per heavy atom. The number of amides is 2. The van der Waals surface area contributed by atoms with Crippen LogP contribution in [0.5, 0.6) is 0 Å². The minimum Gasteiger partial charge on any atom is -0.396 e.